The molecule has 3 rings (SSSR count). The lowest BCUT2D eigenvalue weighted by Gasteiger charge is -2.26. The third kappa shape index (κ3) is 1.35. The summed E-state index contributed by atoms with van der Waals surface area (Å²) in [7, 11) is 0. The van der Waals surface area contributed by atoms with Crippen LogP contribution in [0.5, 0.6) is 0 Å². The lowest BCUT2D eigenvalue weighted by atomic mass is 10.0. The predicted molar refractivity (Wildman–Crippen MR) is 52.4 cm³/mol. The zero-order valence-corrected chi connectivity index (χ0v) is 7.92. The van der Waals surface area contributed by atoms with Gasteiger partial charge in [-0.25, -0.2) is 4.98 Å². The molecule has 0 amide bonds. The minimum Gasteiger partial charge on any atom is -0.315 e. The fourth-order valence-electron chi connectivity index (χ4n) is 1.76. The number of hydrogen-bond acceptors (Lipinski definition) is 3. The van der Waals surface area contributed by atoms with Crippen LogP contribution in [-0.2, 0) is 0 Å². The van der Waals surface area contributed by atoms with Crippen molar-refractivity contribution in [1.82, 2.24) is 15.3 Å². The molecule has 0 radical (unpaired) electrons. The zero-order valence-electron chi connectivity index (χ0n) is 7.92. The van der Waals surface area contributed by atoms with Crippen LogP contribution in [0.1, 0.15) is 36.2 Å². The highest BCUT2D eigenvalue weighted by Crippen LogP contribution is 2.38. The van der Waals surface area contributed by atoms with Crippen LogP contribution >= 0.6 is 0 Å². The van der Waals surface area contributed by atoms with Gasteiger partial charge in [-0.2, -0.15) is 0 Å². The number of aromatic amines is 1. The first-order valence-electron chi connectivity index (χ1n) is 5.15. The SMILES string of the molecule is O=c1cc(C2CC2)nc(C2CNC2)[nH]1. The van der Waals surface area contributed by atoms with E-state index < -0.39 is 0 Å². The number of rotatable bonds is 2. The van der Waals surface area contributed by atoms with Gasteiger partial charge >= 0.3 is 0 Å². The van der Waals surface area contributed by atoms with Crippen molar-refractivity contribution in [2.24, 2.45) is 0 Å². The molecule has 1 aromatic rings. The highest BCUT2D eigenvalue weighted by Gasteiger charge is 2.28. The maximum Gasteiger partial charge on any atom is 0.251 e. The van der Waals surface area contributed by atoms with Gasteiger partial charge in [0, 0.05) is 31.0 Å². The van der Waals surface area contributed by atoms with Crippen molar-refractivity contribution in [3.8, 4) is 0 Å². The Morgan fingerprint density at radius 3 is 2.64 bits per heavy atom. The Bertz CT molecular complexity index is 404. The van der Waals surface area contributed by atoms with Gasteiger partial charge in [0.1, 0.15) is 5.82 Å². The normalized spacial score (nSPS) is 22.0. The van der Waals surface area contributed by atoms with Crippen LogP contribution in [0.3, 0.4) is 0 Å². The van der Waals surface area contributed by atoms with Crippen LogP contribution in [0.25, 0.3) is 0 Å². The number of H-pyrrole nitrogens is 1. The summed E-state index contributed by atoms with van der Waals surface area (Å²) in [6.07, 6.45) is 2.39. The third-order valence-corrected chi connectivity index (χ3v) is 2.94. The average molecular weight is 191 g/mol. The highest BCUT2D eigenvalue weighted by atomic mass is 16.1. The molecule has 0 unspecified atom stereocenters. The van der Waals surface area contributed by atoms with E-state index in [0.29, 0.717) is 11.8 Å². The molecule has 0 bridgehead atoms. The molecule has 1 saturated carbocycles. The van der Waals surface area contributed by atoms with Crippen molar-refractivity contribution in [1.29, 1.82) is 0 Å². The van der Waals surface area contributed by atoms with Crippen molar-refractivity contribution < 1.29 is 0 Å². The summed E-state index contributed by atoms with van der Waals surface area (Å²) in [6, 6.07) is 1.65. The van der Waals surface area contributed by atoms with E-state index in [1.165, 1.54) is 12.8 Å². The average Bonchev–Trinajstić information content (AvgIpc) is 2.80. The standard InChI is InChI=1S/C10H13N3O/c14-9-3-8(6-1-2-6)12-10(13-9)7-4-11-5-7/h3,6-7,11H,1-2,4-5H2,(H,12,13,14). The molecule has 4 heteroatoms. The van der Waals surface area contributed by atoms with Crippen molar-refractivity contribution in [3.05, 3.63) is 27.9 Å². The minimum absolute atomic E-state index is 0.00352. The summed E-state index contributed by atoms with van der Waals surface area (Å²) in [5.74, 6) is 1.85. The van der Waals surface area contributed by atoms with Gasteiger partial charge in [-0.1, -0.05) is 0 Å². The van der Waals surface area contributed by atoms with E-state index >= 15 is 0 Å². The molecular formula is C10H13N3O. The van der Waals surface area contributed by atoms with Gasteiger partial charge in [-0.15, -0.1) is 0 Å². The van der Waals surface area contributed by atoms with Crippen molar-refractivity contribution in [2.75, 3.05) is 13.1 Å². The van der Waals surface area contributed by atoms with Crippen LogP contribution in [0.2, 0.25) is 0 Å². The first-order chi connectivity index (χ1) is 6.83. The largest absolute Gasteiger partial charge is 0.315 e. The Labute approximate surface area is 81.8 Å². The molecule has 1 aliphatic carbocycles. The van der Waals surface area contributed by atoms with E-state index in [-0.39, 0.29) is 5.56 Å². The van der Waals surface area contributed by atoms with Gasteiger partial charge in [-0.05, 0) is 12.8 Å². The van der Waals surface area contributed by atoms with Crippen LogP contribution in [-0.4, -0.2) is 23.1 Å². The second kappa shape index (κ2) is 2.92. The van der Waals surface area contributed by atoms with E-state index in [1.807, 2.05) is 0 Å². The van der Waals surface area contributed by atoms with Gasteiger partial charge in [0.05, 0.1) is 5.69 Å². The van der Waals surface area contributed by atoms with Gasteiger partial charge < -0.3 is 10.3 Å². The summed E-state index contributed by atoms with van der Waals surface area (Å²) < 4.78 is 0. The van der Waals surface area contributed by atoms with E-state index in [1.54, 1.807) is 6.07 Å². The van der Waals surface area contributed by atoms with Crippen LogP contribution in [0.4, 0.5) is 0 Å². The quantitative estimate of drug-likeness (QED) is 0.708. The molecular weight excluding hydrogens is 178 g/mol. The second-order valence-electron chi connectivity index (χ2n) is 4.18. The minimum atomic E-state index is 0.00352. The van der Waals surface area contributed by atoms with Crippen molar-refractivity contribution in [3.63, 3.8) is 0 Å². The number of aromatic nitrogens is 2. The van der Waals surface area contributed by atoms with Crippen LogP contribution in [0.15, 0.2) is 10.9 Å². The lowest BCUT2D eigenvalue weighted by molar-refractivity contribution is 0.428. The molecule has 2 aliphatic rings. The molecule has 1 saturated heterocycles. The van der Waals surface area contributed by atoms with Crippen LogP contribution < -0.4 is 10.9 Å². The molecule has 1 aromatic heterocycles. The Kier molecular flexibility index (Phi) is 1.70. The van der Waals surface area contributed by atoms with Gasteiger partial charge in [0.2, 0.25) is 0 Å². The lowest BCUT2D eigenvalue weighted by Crippen LogP contribution is -2.41. The monoisotopic (exact) mass is 191 g/mol. The molecule has 74 valence electrons. The third-order valence-electron chi connectivity index (χ3n) is 2.94. The number of hydrogen-bond donors (Lipinski definition) is 2. The molecule has 4 nitrogen and oxygen atoms in total. The van der Waals surface area contributed by atoms with E-state index in [2.05, 4.69) is 15.3 Å². The summed E-state index contributed by atoms with van der Waals surface area (Å²) >= 11 is 0. The maximum atomic E-state index is 11.4. The smallest absolute Gasteiger partial charge is 0.251 e. The molecule has 0 atom stereocenters. The predicted octanol–water partition coefficient (Wildman–Crippen LogP) is 0.334. The first-order valence-corrected chi connectivity index (χ1v) is 5.15. The molecule has 2 N–H and O–H groups in total. The molecule has 0 spiro atoms. The molecule has 2 fully saturated rings. The topological polar surface area (TPSA) is 57.8 Å². The summed E-state index contributed by atoms with van der Waals surface area (Å²) in [5.41, 5.74) is 0.999. The molecule has 14 heavy (non-hydrogen) atoms. The van der Waals surface area contributed by atoms with Gasteiger partial charge in [-0.3, -0.25) is 4.79 Å². The number of nitrogens with zero attached hydrogens (tertiary/aromatic N) is 1. The van der Waals surface area contributed by atoms with Crippen molar-refractivity contribution >= 4 is 0 Å². The van der Waals surface area contributed by atoms with Crippen molar-refractivity contribution in [2.45, 2.75) is 24.7 Å². The van der Waals surface area contributed by atoms with E-state index in [4.69, 9.17) is 0 Å². The van der Waals surface area contributed by atoms with Gasteiger partial charge in [0.15, 0.2) is 0 Å². The fraction of sp³-hybridized carbons (Fsp3) is 0.600. The Morgan fingerprint density at radius 1 is 1.29 bits per heavy atom. The Balaban J connectivity index is 1.97. The van der Waals surface area contributed by atoms with Gasteiger partial charge in [0.25, 0.3) is 5.56 Å². The Morgan fingerprint density at radius 2 is 2.07 bits per heavy atom. The fourth-order valence-corrected chi connectivity index (χ4v) is 1.76. The first kappa shape index (κ1) is 8.17. The highest BCUT2D eigenvalue weighted by molar-refractivity contribution is 5.16. The molecule has 2 heterocycles. The summed E-state index contributed by atoms with van der Waals surface area (Å²) in [4.78, 5) is 18.7. The van der Waals surface area contributed by atoms with E-state index in [0.717, 1.165) is 24.6 Å². The van der Waals surface area contributed by atoms with Crippen LogP contribution in [0, 0.1) is 0 Å². The molecule has 0 aromatic carbocycles. The maximum absolute atomic E-state index is 11.4. The summed E-state index contributed by atoms with van der Waals surface area (Å²) in [5, 5.41) is 3.18. The zero-order chi connectivity index (χ0) is 9.54. The number of nitrogens with one attached hydrogen (secondary N) is 2. The Hall–Kier alpha value is -1.16. The molecule has 1 aliphatic heterocycles. The van der Waals surface area contributed by atoms with E-state index in [9.17, 15) is 4.79 Å². The second-order valence-corrected chi connectivity index (χ2v) is 4.18. The summed E-state index contributed by atoms with van der Waals surface area (Å²) in [6.45, 7) is 1.88.